The molecule has 1 N–H and O–H groups in total. The zero-order chi connectivity index (χ0) is 15.6. The quantitative estimate of drug-likeness (QED) is 0.941. The third-order valence-corrected chi connectivity index (χ3v) is 6.17. The summed E-state index contributed by atoms with van der Waals surface area (Å²) in [6, 6.07) is 8.69. The first-order chi connectivity index (χ1) is 10.6. The summed E-state index contributed by atoms with van der Waals surface area (Å²) >= 11 is 0. The Bertz CT molecular complexity index is 725. The first kappa shape index (κ1) is 15.2. The minimum atomic E-state index is -3.38. The summed E-state index contributed by atoms with van der Waals surface area (Å²) in [5.41, 5.74) is 2.26. The maximum absolute atomic E-state index is 12.7. The summed E-state index contributed by atoms with van der Waals surface area (Å²) in [6.07, 6.45) is 4.63. The number of aromatic amines is 1. The van der Waals surface area contributed by atoms with Crippen LogP contribution in [0.5, 0.6) is 0 Å². The number of nitrogens with one attached hydrogen (secondary N) is 1. The van der Waals surface area contributed by atoms with E-state index in [4.69, 9.17) is 0 Å². The molecule has 1 aliphatic heterocycles. The smallest absolute Gasteiger partial charge is 0.243 e. The van der Waals surface area contributed by atoms with Gasteiger partial charge >= 0.3 is 0 Å². The Morgan fingerprint density at radius 2 is 2.09 bits per heavy atom. The van der Waals surface area contributed by atoms with Gasteiger partial charge in [-0.05, 0) is 49.8 Å². The number of sulfonamides is 1. The first-order valence-corrected chi connectivity index (χ1v) is 9.05. The highest BCUT2D eigenvalue weighted by Gasteiger charge is 2.30. The molecular formula is C16H21N3O2S. The van der Waals surface area contributed by atoms with E-state index in [2.05, 4.69) is 10.2 Å². The van der Waals surface area contributed by atoms with Crippen molar-refractivity contribution in [2.45, 2.75) is 31.1 Å². The third kappa shape index (κ3) is 3.08. The standard InChI is InChI=1S/C16H21N3O2S/c1-13-11-17-18-16(13)10-14-6-5-9-19(12-14)22(20,21)15-7-3-2-4-8-15/h2-4,7-8,11,14H,5-6,9-10,12H2,1H3,(H,17,18)/t14-/m0/s1. The van der Waals surface area contributed by atoms with Crippen LogP contribution in [0, 0.1) is 12.8 Å². The highest BCUT2D eigenvalue weighted by molar-refractivity contribution is 7.89. The molecule has 0 unspecified atom stereocenters. The fourth-order valence-corrected chi connectivity index (χ4v) is 4.60. The van der Waals surface area contributed by atoms with Crippen LogP contribution in [0.25, 0.3) is 0 Å². The molecule has 5 nitrogen and oxygen atoms in total. The van der Waals surface area contributed by atoms with Gasteiger partial charge in [0.15, 0.2) is 0 Å². The molecule has 0 spiro atoms. The fraction of sp³-hybridized carbons (Fsp3) is 0.438. The summed E-state index contributed by atoms with van der Waals surface area (Å²) in [5, 5.41) is 7.07. The van der Waals surface area contributed by atoms with E-state index in [0.29, 0.717) is 23.9 Å². The average molecular weight is 319 g/mol. The third-order valence-electron chi connectivity index (χ3n) is 4.29. The van der Waals surface area contributed by atoms with Crippen LogP contribution >= 0.6 is 0 Å². The molecule has 2 heterocycles. The van der Waals surface area contributed by atoms with Crippen LogP contribution in [-0.4, -0.2) is 36.0 Å². The molecule has 0 aliphatic carbocycles. The van der Waals surface area contributed by atoms with Crippen molar-refractivity contribution in [3.63, 3.8) is 0 Å². The summed E-state index contributed by atoms with van der Waals surface area (Å²) in [4.78, 5) is 0.383. The van der Waals surface area contributed by atoms with Crippen molar-refractivity contribution in [1.29, 1.82) is 0 Å². The zero-order valence-corrected chi connectivity index (χ0v) is 13.5. The van der Waals surface area contributed by atoms with Crippen LogP contribution in [0.3, 0.4) is 0 Å². The summed E-state index contributed by atoms with van der Waals surface area (Å²) in [5.74, 6) is 0.339. The van der Waals surface area contributed by atoms with Gasteiger partial charge in [-0.1, -0.05) is 18.2 Å². The van der Waals surface area contributed by atoms with Crippen molar-refractivity contribution in [2.75, 3.05) is 13.1 Å². The summed E-state index contributed by atoms with van der Waals surface area (Å²) < 4.78 is 27.0. The second-order valence-corrected chi connectivity index (χ2v) is 7.86. The Labute approximate surface area is 131 Å². The zero-order valence-electron chi connectivity index (χ0n) is 12.7. The molecule has 0 saturated carbocycles. The number of nitrogens with zero attached hydrogens (tertiary/aromatic N) is 2. The van der Waals surface area contributed by atoms with Gasteiger partial charge in [0.2, 0.25) is 10.0 Å². The molecular weight excluding hydrogens is 298 g/mol. The van der Waals surface area contributed by atoms with Crippen molar-refractivity contribution < 1.29 is 8.42 Å². The van der Waals surface area contributed by atoms with Crippen LogP contribution in [0.2, 0.25) is 0 Å². The van der Waals surface area contributed by atoms with E-state index in [1.807, 2.05) is 19.2 Å². The highest BCUT2D eigenvalue weighted by atomic mass is 32.2. The number of hydrogen-bond donors (Lipinski definition) is 1. The van der Waals surface area contributed by atoms with Crippen LogP contribution in [0.1, 0.15) is 24.1 Å². The van der Waals surface area contributed by atoms with E-state index >= 15 is 0 Å². The predicted octanol–water partition coefficient (Wildman–Crippen LogP) is 2.36. The van der Waals surface area contributed by atoms with Gasteiger partial charge < -0.3 is 0 Å². The first-order valence-electron chi connectivity index (χ1n) is 7.61. The van der Waals surface area contributed by atoms with Gasteiger partial charge in [-0.3, -0.25) is 5.10 Å². The molecule has 0 amide bonds. The Kier molecular flexibility index (Phi) is 4.31. The van der Waals surface area contributed by atoms with Crippen molar-refractivity contribution in [3.05, 3.63) is 47.8 Å². The minimum Gasteiger partial charge on any atom is -0.282 e. The second-order valence-electron chi connectivity index (χ2n) is 5.92. The molecule has 1 aromatic carbocycles. The number of hydrogen-bond acceptors (Lipinski definition) is 3. The number of rotatable bonds is 4. The number of piperidine rings is 1. The summed E-state index contributed by atoms with van der Waals surface area (Å²) in [7, 11) is -3.38. The van der Waals surface area contributed by atoms with Crippen LogP contribution in [0.15, 0.2) is 41.4 Å². The van der Waals surface area contributed by atoms with E-state index in [1.54, 1.807) is 28.6 Å². The van der Waals surface area contributed by atoms with Gasteiger partial charge in [0, 0.05) is 18.8 Å². The molecule has 1 saturated heterocycles. The molecule has 1 atom stereocenters. The average Bonchev–Trinajstić information content (AvgIpc) is 2.94. The van der Waals surface area contributed by atoms with Crippen LogP contribution in [0.4, 0.5) is 0 Å². The lowest BCUT2D eigenvalue weighted by Crippen LogP contribution is -2.40. The lowest BCUT2D eigenvalue weighted by Gasteiger charge is -2.31. The number of benzene rings is 1. The van der Waals surface area contributed by atoms with E-state index < -0.39 is 10.0 Å². The highest BCUT2D eigenvalue weighted by Crippen LogP contribution is 2.26. The van der Waals surface area contributed by atoms with E-state index in [1.165, 1.54) is 0 Å². The fourth-order valence-electron chi connectivity index (χ4n) is 3.02. The summed E-state index contributed by atoms with van der Waals surface area (Å²) in [6.45, 7) is 3.21. The maximum atomic E-state index is 12.7. The number of H-pyrrole nitrogens is 1. The van der Waals surface area contributed by atoms with Crippen LogP contribution in [-0.2, 0) is 16.4 Å². The van der Waals surface area contributed by atoms with Gasteiger partial charge in [0.05, 0.1) is 11.1 Å². The largest absolute Gasteiger partial charge is 0.282 e. The van der Waals surface area contributed by atoms with Gasteiger partial charge in [0.1, 0.15) is 0 Å². The molecule has 0 bridgehead atoms. The molecule has 2 aromatic rings. The SMILES string of the molecule is Cc1cn[nH]c1C[C@@H]1CCCN(S(=O)(=O)c2ccccc2)C1. The van der Waals surface area contributed by atoms with Crippen molar-refractivity contribution in [1.82, 2.24) is 14.5 Å². The Hall–Kier alpha value is -1.66. The van der Waals surface area contributed by atoms with E-state index in [9.17, 15) is 8.42 Å². The van der Waals surface area contributed by atoms with Gasteiger partial charge in [-0.15, -0.1) is 0 Å². The second kappa shape index (κ2) is 6.22. The molecule has 3 rings (SSSR count). The minimum absolute atomic E-state index is 0.339. The van der Waals surface area contributed by atoms with Gasteiger partial charge in [-0.25, -0.2) is 8.42 Å². The van der Waals surface area contributed by atoms with Crippen LogP contribution < -0.4 is 0 Å². The Balaban J connectivity index is 1.74. The molecule has 0 radical (unpaired) electrons. The van der Waals surface area contributed by atoms with Crippen molar-refractivity contribution >= 4 is 10.0 Å². The lowest BCUT2D eigenvalue weighted by atomic mass is 9.94. The molecule has 22 heavy (non-hydrogen) atoms. The topological polar surface area (TPSA) is 66.1 Å². The molecule has 6 heteroatoms. The van der Waals surface area contributed by atoms with Crippen molar-refractivity contribution in [2.24, 2.45) is 5.92 Å². The monoisotopic (exact) mass is 319 g/mol. The van der Waals surface area contributed by atoms with E-state index in [-0.39, 0.29) is 0 Å². The lowest BCUT2D eigenvalue weighted by molar-refractivity contribution is 0.264. The number of aryl methyl sites for hydroxylation is 1. The maximum Gasteiger partial charge on any atom is 0.243 e. The molecule has 118 valence electrons. The number of aromatic nitrogens is 2. The van der Waals surface area contributed by atoms with Gasteiger partial charge in [-0.2, -0.15) is 9.40 Å². The van der Waals surface area contributed by atoms with Gasteiger partial charge in [0.25, 0.3) is 0 Å². The van der Waals surface area contributed by atoms with Crippen molar-refractivity contribution in [3.8, 4) is 0 Å². The van der Waals surface area contributed by atoms with E-state index in [0.717, 1.165) is 30.5 Å². The molecule has 1 fully saturated rings. The predicted molar refractivity (Wildman–Crippen MR) is 85.0 cm³/mol. The normalized spacial score (nSPS) is 20.1. The molecule has 1 aliphatic rings. The molecule has 1 aromatic heterocycles. The Morgan fingerprint density at radius 1 is 1.32 bits per heavy atom. The Morgan fingerprint density at radius 3 is 2.77 bits per heavy atom.